The van der Waals surface area contributed by atoms with E-state index in [1.165, 1.54) is 0 Å². The fraction of sp³-hybridized carbons (Fsp3) is 0.111. The standard InChI is InChI=1S/C9H5F3OS/c10-5-3-14-8-4(9(11)12)1-2-6(13)7(5)8/h1-3,9,13H. The summed E-state index contributed by atoms with van der Waals surface area (Å²) in [5.74, 6) is -0.965. The number of benzene rings is 1. The predicted octanol–water partition coefficient (Wildman–Crippen LogP) is 3.68. The number of alkyl halides is 2. The van der Waals surface area contributed by atoms with E-state index in [4.69, 9.17) is 0 Å². The van der Waals surface area contributed by atoms with E-state index in [1.807, 2.05) is 0 Å². The molecular weight excluding hydrogens is 213 g/mol. The van der Waals surface area contributed by atoms with E-state index in [-0.39, 0.29) is 21.4 Å². The molecule has 1 nitrogen and oxygen atoms in total. The Morgan fingerprint density at radius 3 is 2.64 bits per heavy atom. The van der Waals surface area contributed by atoms with Crippen LogP contribution >= 0.6 is 11.3 Å². The third-order valence-electron chi connectivity index (χ3n) is 1.92. The highest BCUT2D eigenvalue weighted by Crippen LogP contribution is 2.38. The molecule has 0 aliphatic rings. The largest absolute Gasteiger partial charge is 0.507 e. The molecule has 0 aliphatic carbocycles. The van der Waals surface area contributed by atoms with Crippen molar-refractivity contribution in [2.75, 3.05) is 0 Å². The molecule has 2 aromatic rings. The second-order valence-corrected chi connectivity index (χ2v) is 3.64. The van der Waals surface area contributed by atoms with Crippen LogP contribution in [0.25, 0.3) is 10.1 Å². The Labute approximate surface area is 81.4 Å². The Morgan fingerprint density at radius 1 is 1.29 bits per heavy atom. The first-order valence-electron chi connectivity index (χ1n) is 3.78. The summed E-state index contributed by atoms with van der Waals surface area (Å²) in [6.45, 7) is 0. The second kappa shape index (κ2) is 3.16. The van der Waals surface area contributed by atoms with Crippen LogP contribution in [0.1, 0.15) is 12.0 Å². The third kappa shape index (κ3) is 1.24. The molecule has 74 valence electrons. The molecule has 0 aliphatic heterocycles. The maximum absolute atomic E-state index is 13.1. The molecule has 0 bridgehead atoms. The van der Waals surface area contributed by atoms with Crippen molar-refractivity contribution >= 4 is 21.4 Å². The van der Waals surface area contributed by atoms with Gasteiger partial charge in [-0.05, 0) is 12.1 Å². The van der Waals surface area contributed by atoms with Crippen molar-refractivity contribution in [3.8, 4) is 5.75 Å². The maximum atomic E-state index is 13.1. The van der Waals surface area contributed by atoms with Gasteiger partial charge in [0, 0.05) is 15.6 Å². The first kappa shape index (κ1) is 9.33. The third-order valence-corrected chi connectivity index (χ3v) is 2.92. The number of phenolic OH excluding ortho intramolecular Hbond substituents is 1. The van der Waals surface area contributed by atoms with E-state index >= 15 is 0 Å². The lowest BCUT2D eigenvalue weighted by Gasteiger charge is -2.02. The summed E-state index contributed by atoms with van der Waals surface area (Å²) in [6.07, 6.45) is -2.66. The summed E-state index contributed by atoms with van der Waals surface area (Å²) in [5, 5.41) is 10.3. The number of aromatic hydroxyl groups is 1. The number of thiophene rings is 1. The Bertz CT molecular complexity index is 478. The van der Waals surface area contributed by atoms with Gasteiger partial charge in [-0.2, -0.15) is 0 Å². The summed E-state index contributed by atoms with van der Waals surface area (Å²) in [7, 11) is 0. The van der Waals surface area contributed by atoms with Crippen LogP contribution in [-0.4, -0.2) is 5.11 Å². The monoisotopic (exact) mass is 218 g/mol. The molecule has 0 unspecified atom stereocenters. The summed E-state index contributed by atoms with van der Waals surface area (Å²) in [5.41, 5.74) is -0.244. The molecule has 0 fully saturated rings. The zero-order valence-electron chi connectivity index (χ0n) is 6.80. The second-order valence-electron chi connectivity index (χ2n) is 2.76. The van der Waals surface area contributed by atoms with Crippen molar-refractivity contribution in [1.82, 2.24) is 0 Å². The van der Waals surface area contributed by atoms with E-state index in [0.717, 1.165) is 28.8 Å². The van der Waals surface area contributed by atoms with Gasteiger partial charge in [-0.15, -0.1) is 11.3 Å². The van der Waals surface area contributed by atoms with Crippen molar-refractivity contribution in [2.45, 2.75) is 6.43 Å². The number of hydrogen-bond acceptors (Lipinski definition) is 2. The van der Waals surface area contributed by atoms with Gasteiger partial charge < -0.3 is 5.11 Å². The van der Waals surface area contributed by atoms with Crippen molar-refractivity contribution in [2.24, 2.45) is 0 Å². The van der Waals surface area contributed by atoms with E-state index < -0.39 is 12.2 Å². The van der Waals surface area contributed by atoms with Gasteiger partial charge in [-0.25, -0.2) is 13.2 Å². The van der Waals surface area contributed by atoms with Gasteiger partial charge in [-0.1, -0.05) is 0 Å². The molecule has 14 heavy (non-hydrogen) atoms. The Balaban J connectivity index is 2.83. The highest BCUT2D eigenvalue weighted by molar-refractivity contribution is 7.17. The van der Waals surface area contributed by atoms with E-state index in [0.29, 0.717) is 0 Å². The van der Waals surface area contributed by atoms with Crippen molar-refractivity contribution in [1.29, 1.82) is 0 Å². The molecule has 0 saturated heterocycles. The maximum Gasteiger partial charge on any atom is 0.265 e. The molecule has 0 amide bonds. The van der Waals surface area contributed by atoms with E-state index in [1.54, 1.807) is 0 Å². The number of fused-ring (bicyclic) bond motifs is 1. The lowest BCUT2D eigenvalue weighted by atomic mass is 10.1. The molecule has 1 heterocycles. The molecule has 1 aromatic heterocycles. The van der Waals surface area contributed by atoms with Gasteiger partial charge in [0.15, 0.2) is 0 Å². The van der Waals surface area contributed by atoms with Crippen LogP contribution in [0.2, 0.25) is 0 Å². The van der Waals surface area contributed by atoms with Gasteiger partial charge in [0.05, 0.1) is 5.39 Å². The van der Waals surface area contributed by atoms with Crippen LogP contribution in [0, 0.1) is 5.82 Å². The summed E-state index contributed by atoms with van der Waals surface area (Å²) >= 11 is 0.868. The van der Waals surface area contributed by atoms with E-state index in [9.17, 15) is 18.3 Å². The molecule has 2 rings (SSSR count). The Hall–Kier alpha value is -1.23. The Morgan fingerprint density at radius 2 is 2.00 bits per heavy atom. The Kier molecular flexibility index (Phi) is 2.11. The summed E-state index contributed by atoms with van der Waals surface area (Å²) < 4.78 is 38.0. The van der Waals surface area contributed by atoms with Gasteiger partial charge in [0.2, 0.25) is 0 Å². The minimum absolute atomic E-state index is 0.109. The van der Waals surface area contributed by atoms with Gasteiger partial charge in [0.1, 0.15) is 11.6 Å². The first-order chi connectivity index (χ1) is 6.61. The van der Waals surface area contributed by atoms with Crippen LogP contribution < -0.4 is 0 Å². The van der Waals surface area contributed by atoms with Crippen molar-refractivity contribution in [3.63, 3.8) is 0 Å². The number of halogens is 3. The minimum Gasteiger partial charge on any atom is -0.507 e. The molecule has 0 saturated carbocycles. The molecule has 0 radical (unpaired) electrons. The van der Waals surface area contributed by atoms with Gasteiger partial charge in [0.25, 0.3) is 6.43 Å². The van der Waals surface area contributed by atoms with E-state index in [2.05, 4.69) is 0 Å². The van der Waals surface area contributed by atoms with Crippen LogP contribution in [0.4, 0.5) is 13.2 Å². The number of phenols is 1. The fourth-order valence-corrected chi connectivity index (χ4v) is 2.24. The molecule has 5 heteroatoms. The average Bonchev–Trinajstić information content (AvgIpc) is 2.49. The number of hydrogen-bond donors (Lipinski definition) is 1. The topological polar surface area (TPSA) is 20.2 Å². The van der Waals surface area contributed by atoms with Gasteiger partial charge in [-0.3, -0.25) is 0 Å². The zero-order chi connectivity index (χ0) is 10.3. The SMILES string of the molecule is Oc1ccc(C(F)F)c2scc(F)c12. The van der Waals surface area contributed by atoms with Crippen LogP contribution in [-0.2, 0) is 0 Å². The normalized spacial score (nSPS) is 11.4. The highest BCUT2D eigenvalue weighted by atomic mass is 32.1. The molecular formula is C9H5F3OS. The molecule has 1 aromatic carbocycles. The summed E-state index contributed by atoms with van der Waals surface area (Å²) in [6, 6.07) is 2.19. The van der Waals surface area contributed by atoms with Crippen molar-refractivity contribution < 1.29 is 18.3 Å². The molecule has 1 N–H and O–H groups in total. The minimum atomic E-state index is -2.66. The number of rotatable bonds is 1. The smallest absolute Gasteiger partial charge is 0.265 e. The lowest BCUT2D eigenvalue weighted by molar-refractivity contribution is 0.153. The average molecular weight is 218 g/mol. The van der Waals surface area contributed by atoms with Crippen LogP contribution in [0.3, 0.4) is 0 Å². The fourth-order valence-electron chi connectivity index (χ4n) is 1.29. The van der Waals surface area contributed by atoms with Crippen LogP contribution in [0.15, 0.2) is 17.5 Å². The predicted molar refractivity (Wildman–Crippen MR) is 48.4 cm³/mol. The zero-order valence-corrected chi connectivity index (χ0v) is 7.62. The van der Waals surface area contributed by atoms with Crippen LogP contribution in [0.5, 0.6) is 5.75 Å². The first-order valence-corrected chi connectivity index (χ1v) is 4.66. The molecule has 0 spiro atoms. The lowest BCUT2D eigenvalue weighted by Crippen LogP contribution is -1.84. The highest BCUT2D eigenvalue weighted by Gasteiger charge is 2.17. The summed E-state index contributed by atoms with van der Waals surface area (Å²) in [4.78, 5) is 0. The van der Waals surface area contributed by atoms with Gasteiger partial charge >= 0.3 is 0 Å². The molecule has 0 atom stereocenters. The van der Waals surface area contributed by atoms with Crippen molar-refractivity contribution in [3.05, 3.63) is 28.9 Å². The quantitative estimate of drug-likeness (QED) is 0.774.